The lowest BCUT2D eigenvalue weighted by molar-refractivity contribution is 0.0731. The molecule has 4 aromatic rings. The molecule has 0 bridgehead atoms. The summed E-state index contributed by atoms with van der Waals surface area (Å²) in [6, 6.07) is 16.4. The number of ether oxygens (including phenoxy) is 1. The molecule has 0 atom stereocenters. The van der Waals surface area contributed by atoms with Crippen LogP contribution in [0.3, 0.4) is 0 Å². The van der Waals surface area contributed by atoms with Gasteiger partial charge in [0, 0.05) is 35.2 Å². The van der Waals surface area contributed by atoms with Gasteiger partial charge >= 0.3 is 0 Å². The molecule has 0 radical (unpaired) electrons. The van der Waals surface area contributed by atoms with Gasteiger partial charge in [0.2, 0.25) is 0 Å². The second kappa shape index (κ2) is 9.78. The molecule has 2 heterocycles. The molecule has 1 aliphatic rings. The van der Waals surface area contributed by atoms with Crippen LogP contribution in [0.1, 0.15) is 28.4 Å². The van der Waals surface area contributed by atoms with Crippen molar-refractivity contribution in [3.05, 3.63) is 89.8 Å². The molecule has 0 saturated carbocycles. The minimum Gasteiger partial charge on any atom is -0.491 e. The molecule has 37 heavy (non-hydrogen) atoms. The first-order valence-corrected chi connectivity index (χ1v) is 13.7. The number of carbonyl (C=O) groups excluding carboxylic acids is 1. The minimum absolute atomic E-state index is 0.0975. The molecular weight excluding hydrogens is 495 g/mol. The predicted molar refractivity (Wildman–Crippen MR) is 136 cm³/mol. The molecule has 1 aromatic heterocycles. The molecule has 0 unspecified atom stereocenters. The predicted octanol–water partition coefficient (Wildman–Crippen LogP) is 4.07. The average molecular weight is 521 g/mol. The van der Waals surface area contributed by atoms with Gasteiger partial charge in [-0.05, 0) is 53.9 Å². The van der Waals surface area contributed by atoms with Gasteiger partial charge in [-0.2, -0.15) is 0 Å². The number of halogens is 1. The molecule has 5 rings (SSSR count). The van der Waals surface area contributed by atoms with E-state index in [1.807, 2.05) is 47.0 Å². The van der Waals surface area contributed by atoms with Gasteiger partial charge in [0.15, 0.2) is 9.84 Å². The average Bonchev–Trinajstić information content (AvgIpc) is 3.34. The summed E-state index contributed by atoms with van der Waals surface area (Å²) < 4.78 is 46.7. The molecule has 3 aromatic carbocycles. The van der Waals surface area contributed by atoms with Crippen molar-refractivity contribution in [1.82, 2.24) is 19.7 Å². The first-order chi connectivity index (χ1) is 17.8. The van der Waals surface area contributed by atoms with Gasteiger partial charge in [-0.15, -0.1) is 10.2 Å². The third-order valence-electron chi connectivity index (χ3n) is 6.44. The first-order valence-electron chi connectivity index (χ1n) is 11.8. The Hall–Kier alpha value is -4.05. The lowest BCUT2D eigenvalue weighted by Gasteiger charge is -2.22. The number of rotatable bonds is 5. The molecule has 0 N–H and O–H groups in total. The second-order valence-electron chi connectivity index (χ2n) is 8.84. The van der Waals surface area contributed by atoms with Crippen molar-refractivity contribution in [2.75, 3.05) is 19.4 Å². The van der Waals surface area contributed by atoms with Crippen molar-refractivity contribution in [1.29, 1.82) is 0 Å². The van der Waals surface area contributed by atoms with E-state index < -0.39 is 20.5 Å². The van der Waals surface area contributed by atoms with Crippen molar-refractivity contribution >= 4 is 15.7 Å². The maximum absolute atomic E-state index is 15.1. The van der Waals surface area contributed by atoms with Crippen LogP contribution in [0.5, 0.6) is 5.75 Å². The number of amides is 1. The fourth-order valence-electron chi connectivity index (χ4n) is 4.51. The van der Waals surface area contributed by atoms with Crippen molar-refractivity contribution in [2.45, 2.75) is 24.8 Å². The van der Waals surface area contributed by atoms with Crippen LogP contribution < -0.4 is 4.74 Å². The summed E-state index contributed by atoms with van der Waals surface area (Å²) in [4.78, 5) is 14.7. The third kappa shape index (κ3) is 4.84. The fraction of sp³-hybridized carbons (Fsp3) is 0.222. The van der Waals surface area contributed by atoms with Crippen molar-refractivity contribution in [2.24, 2.45) is 0 Å². The number of nitrogens with zero attached hydrogens (tertiary/aromatic N) is 4. The molecular formula is C27H25FN4O4S. The van der Waals surface area contributed by atoms with E-state index >= 15 is 4.39 Å². The van der Waals surface area contributed by atoms with Crippen LogP contribution in [-0.2, 0) is 22.8 Å². The smallest absolute Gasteiger partial charge is 0.254 e. The van der Waals surface area contributed by atoms with Gasteiger partial charge < -0.3 is 9.64 Å². The quantitative estimate of drug-likeness (QED) is 0.394. The Kier molecular flexibility index (Phi) is 6.51. The molecule has 190 valence electrons. The Balaban J connectivity index is 1.44. The topological polar surface area (TPSA) is 94.4 Å². The highest BCUT2D eigenvalue weighted by Gasteiger charge is 2.27. The van der Waals surface area contributed by atoms with Gasteiger partial charge in [0.05, 0.1) is 6.54 Å². The SMILES string of the molecule is CCc1c(C(=O)N2CCOc3ccc(-c4ccc(-n5cnnc5)cc4)cc3C2)ccc(S(C)(=O)=O)c1F. The minimum atomic E-state index is -3.75. The Morgan fingerprint density at radius 1 is 1.03 bits per heavy atom. The summed E-state index contributed by atoms with van der Waals surface area (Å²) in [5.74, 6) is -0.537. The number of fused-ring (bicyclic) bond motifs is 1. The number of carbonyl (C=O) groups is 1. The highest BCUT2D eigenvalue weighted by Crippen LogP contribution is 2.31. The molecule has 0 fully saturated rings. The summed E-state index contributed by atoms with van der Waals surface area (Å²) in [6.45, 7) is 2.58. The highest BCUT2D eigenvalue weighted by molar-refractivity contribution is 7.90. The number of aromatic nitrogens is 3. The van der Waals surface area contributed by atoms with Gasteiger partial charge in [-0.25, -0.2) is 12.8 Å². The second-order valence-corrected chi connectivity index (χ2v) is 10.8. The van der Waals surface area contributed by atoms with Crippen LogP contribution in [0.15, 0.2) is 72.1 Å². The summed E-state index contributed by atoms with van der Waals surface area (Å²) in [5.41, 5.74) is 3.98. The zero-order valence-electron chi connectivity index (χ0n) is 20.4. The summed E-state index contributed by atoms with van der Waals surface area (Å²) in [7, 11) is -3.75. The Bertz CT molecular complexity index is 1570. The lowest BCUT2D eigenvalue weighted by atomic mass is 10.0. The number of hydrogen-bond acceptors (Lipinski definition) is 6. The molecule has 10 heteroatoms. The highest BCUT2D eigenvalue weighted by atomic mass is 32.2. The fourth-order valence-corrected chi connectivity index (χ4v) is 5.27. The summed E-state index contributed by atoms with van der Waals surface area (Å²) in [5, 5.41) is 7.66. The summed E-state index contributed by atoms with van der Waals surface area (Å²) in [6.07, 6.45) is 4.40. The van der Waals surface area contributed by atoms with E-state index in [-0.39, 0.29) is 36.6 Å². The van der Waals surface area contributed by atoms with Crippen LogP contribution in [0.25, 0.3) is 16.8 Å². The van der Waals surface area contributed by atoms with Crippen LogP contribution >= 0.6 is 0 Å². The van der Waals surface area contributed by atoms with E-state index in [9.17, 15) is 13.2 Å². The van der Waals surface area contributed by atoms with Crippen molar-refractivity contribution in [3.63, 3.8) is 0 Å². The largest absolute Gasteiger partial charge is 0.491 e. The number of sulfone groups is 1. The normalized spacial score (nSPS) is 13.5. The van der Waals surface area contributed by atoms with E-state index in [4.69, 9.17) is 4.74 Å². The van der Waals surface area contributed by atoms with Gasteiger partial charge in [-0.1, -0.05) is 25.1 Å². The summed E-state index contributed by atoms with van der Waals surface area (Å²) >= 11 is 0. The first kappa shape index (κ1) is 24.6. The Labute approximate surface area is 214 Å². The Morgan fingerprint density at radius 2 is 1.73 bits per heavy atom. The maximum Gasteiger partial charge on any atom is 0.254 e. The van der Waals surface area contributed by atoms with Crippen LogP contribution in [-0.4, -0.2) is 53.4 Å². The van der Waals surface area contributed by atoms with Crippen LogP contribution in [0.2, 0.25) is 0 Å². The number of benzene rings is 3. The van der Waals surface area contributed by atoms with E-state index in [1.54, 1.807) is 24.5 Å². The van der Waals surface area contributed by atoms with Crippen molar-refractivity contribution in [3.8, 4) is 22.6 Å². The molecule has 1 aliphatic heterocycles. The third-order valence-corrected chi connectivity index (χ3v) is 7.55. The van der Waals surface area contributed by atoms with E-state index in [0.717, 1.165) is 28.6 Å². The standard InChI is InChI=1S/C27H25FN4O4S/c1-3-22-23(9-11-25(26(22)28)37(2,34)35)27(33)31-12-13-36-24-10-6-19(14-20(24)15-31)18-4-7-21(8-5-18)32-16-29-30-17-32/h4-11,14,16-17H,3,12-13,15H2,1-2H3. The molecule has 0 aliphatic carbocycles. The van der Waals surface area contributed by atoms with Crippen LogP contribution in [0.4, 0.5) is 4.39 Å². The zero-order valence-corrected chi connectivity index (χ0v) is 21.2. The van der Waals surface area contributed by atoms with Crippen molar-refractivity contribution < 1.29 is 22.3 Å². The lowest BCUT2D eigenvalue weighted by Crippen LogP contribution is -2.33. The van der Waals surface area contributed by atoms with E-state index in [1.165, 1.54) is 12.1 Å². The number of hydrogen-bond donors (Lipinski definition) is 0. The van der Waals surface area contributed by atoms with E-state index in [0.29, 0.717) is 12.3 Å². The molecule has 0 saturated heterocycles. The van der Waals surface area contributed by atoms with Gasteiger partial charge in [0.25, 0.3) is 5.91 Å². The Morgan fingerprint density at radius 3 is 2.41 bits per heavy atom. The van der Waals surface area contributed by atoms with Gasteiger partial charge in [0.1, 0.15) is 35.7 Å². The molecule has 8 nitrogen and oxygen atoms in total. The van der Waals surface area contributed by atoms with E-state index in [2.05, 4.69) is 10.2 Å². The van der Waals surface area contributed by atoms with Gasteiger partial charge in [-0.3, -0.25) is 9.36 Å². The molecule has 0 spiro atoms. The van der Waals surface area contributed by atoms with Crippen LogP contribution in [0, 0.1) is 5.82 Å². The zero-order chi connectivity index (χ0) is 26.2. The monoisotopic (exact) mass is 520 g/mol. The molecule has 1 amide bonds. The maximum atomic E-state index is 15.1.